The molecule has 6 nitrogen and oxygen atoms in total. The third-order valence-corrected chi connectivity index (χ3v) is 5.30. The number of thiocarbonyl (C=S) groups is 1. The number of hydrogen-bond donors (Lipinski definition) is 3. The Hall–Kier alpha value is -3.71. The van der Waals surface area contributed by atoms with Crippen LogP contribution in [0.5, 0.6) is 5.75 Å². The minimum atomic E-state index is -0.371. The van der Waals surface area contributed by atoms with E-state index < -0.39 is 0 Å². The summed E-state index contributed by atoms with van der Waals surface area (Å²) in [5.74, 6) is 0.0683. The number of carbonyl (C=O) groups excluding carboxylic acids is 2. The fourth-order valence-electron chi connectivity index (χ4n) is 3.19. The molecule has 0 aliphatic heterocycles. The Labute approximate surface area is 205 Å². The lowest BCUT2D eigenvalue weighted by molar-refractivity contribution is -0.121. The Morgan fingerprint density at radius 1 is 0.882 bits per heavy atom. The maximum absolute atomic E-state index is 12.6. The molecule has 0 radical (unpaired) electrons. The summed E-state index contributed by atoms with van der Waals surface area (Å²) in [6, 6.07) is 22.1. The molecule has 3 rings (SSSR count). The van der Waals surface area contributed by atoms with Crippen molar-refractivity contribution in [3.05, 3.63) is 89.5 Å². The molecule has 0 heterocycles. The second kappa shape index (κ2) is 10.9. The van der Waals surface area contributed by atoms with Gasteiger partial charge >= 0.3 is 0 Å². The van der Waals surface area contributed by atoms with Crippen LogP contribution in [0.4, 0.5) is 11.4 Å². The van der Waals surface area contributed by atoms with Gasteiger partial charge < -0.3 is 15.4 Å². The number of carbonyl (C=O) groups is 2. The van der Waals surface area contributed by atoms with Gasteiger partial charge in [-0.3, -0.25) is 14.9 Å². The zero-order valence-corrected chi connectivity index (χ0v) is 20.6. The summed E-state index contributed by atoms with van der Waals surface area (Å²) in [6.07, 6.45) is 0. The maximum atomic E-state index is 12.6. The van der Waals surface area contributed by atoms with Crippen molar-refractivity contribution < 1.29 is 14.3 Å². The number of nitrogens with one attached hydrogen (secondary N) is 3. The van der Waals surface area contributed by atoms with Crippen molar-refractivity contribution in [3.63, 3.8) is 0 Å². The van der Waals surface area contributed by atoms with E-state index in [1.807, 2.05) is 49.4 Å². The third-order valence-electron chi connectivity index (χ3n) is 5.10. The first-order chi connectivity index (χ1) is 16.1. The van der Waals surface area contributed by atoms with E-state index in [4.69, 9.17) is 17.0 Å². The number of para-hydroxylation sites is 1. The number of ether oxygens (including phenoxy) is 1. The van der Waals surface area contributed by atoms with Crippen LogP contribution in [0.3, 0.4) is 0 Å². The highest BCUT2D eigenvalue weighted by atomic mass is 32.1. The Bertz CT molecular complexity index is 1180. The predicted octanol–water partition coefficient (Wildman–Crippen LogP) is 5.44. The van der Waals surface area contributed by atoms with Crippen LogP contribution in [0.1, 0.15) is 42.3 Å². The highest BCUT2D eigenvalue weighted by Crippen LogP contribution is 2.23. The molecule has 0 saturated heterocycles. The fourth-order valence-corrected chi connectivity index (χ4v) is 3.42. The van der Waals surface area contributed by atoms with Crippen molar-refractivity contribution in [1.82, 2.24) is 5.32 Å². The largest absolute Gasteiger partial charge is 0.483 e. The lowest BCUT2D eigenvalue weighted by Gasteiger charge is -2.19. The number of amides is 2. The molecule has 0 spiro atoms. The van der Waals surface area contributed by atoms with Gasteiger partial charge in [-0.1, -0.05) is 57.2 Å². The monoisotopic (exact) mass is 475 g/mol. The summed E-state index contributed by atoms with van der Waals surface area (Å²) < 4.78 is 5.53. The normalized spacial score (nSPS) is 10.8. The summed E-state index contributed by atoms with van der Waals surface area (Å²) in [5.41, 5.74) is 3.94. The Balaban J connectivity index is 1.53. The first-order valence-corrected chi connectivity index (χ1v) is 11.3. The zero-order chi connectivity index (χ0) is 24.7. The third kappa shape index (κ3) is 7.15. The predicted molar refractivity (Wildman–Crippen MR) is 141 cm³/mol. The minimum absolute atomic E-state index is 0.0233. The number of hydrogen-bond acceptors (Lipinski definition) is 4. The van der Waals surface area contributed by atoms with Crippen molar-refractivity contribution in [2.45, 2.75) is 33.1 Å². The Kier molecular flexibility index (Phi) is 8.02. The Morgan fingerprint density at radius 2 is 1.53 bits per heavy atom. The van der Waals surface area contributed by atoms with E-state index in [1.165, 1.54) is 0 Å². The van der Waals surface area contributed by atoms with E-state index in [0.29, 0.717) is 22.7 Å². The van der Waals surface area contributed by atoms with Crippen molar-refractivity contribution in [3.8, 4) is 5.75 Å². The summed E-state index contributed by atoms with van der Waals surface area (Å²) in [7, 11) is 0. The Morgan fingerprint density at radius 3 is 2.18 bits per heavy atom. The van der Waals surface area contributed by atoms with Crippen LogP contribution in [0.25, 0.3) is 0 Å². The average molecular weight is 476 g/mol. The molecule has 0 unspecified atom stereocenters. The molecule has 0 aromatic heterocycles. The minimum Gasteiger partial charge on any atom is -0.483 e. The van der Waals surface area contributed by atoms with Gasteiger partial charge in [0.05, 0.1) is 0 Å². The summed E-state index contributed by atoms with van der Waals surface area (Å²) >= 11 is 5.23. The molecule has 3 aromatic rings. The van der Waals surface area contributed by atoms with Crippen LogP contribution >= 0.6 is 12.2 Å². The van der Waals surface area contributed by atoms with Gasteiger partial charge in [0.15, 0.2) is 11.7 Å². The quantitative estimate of drug-likeness (QED) is 0.414. The lowest BCUT2D eigenvalue weighted by Crippen LogP contribution is -2.37. The van der Waals surface area contributed by atoms with E-state index in [2.05, 4.69) is 36.7 Å². The van der Waals surface area contributed by atoms with Gasteiger partial charge in [-0.2, -0.15) is 0 Å². The van der Waals surface area contributed by atoms with E-state index in [0.717, 1.165) is 11.1 Å². The second-order valence-electron chi connectivity index (χ2n) is 8.92. The molecular formula is C27H29N3O3S. The smallest absolute Gasteiger partial charge is 0.264 e. The molecule has 0 aliphatic carbocycles. The standard InChI is InChI=1S/C27H29N3O3S/c1-18-8-5-6-11-23(18)33-17-24(31)30-26(34)29-22-10-7-9-21(16-22)28-25(32)19-12-14-20(15-13-19)27(2,3)4/h5-16H,17H2,1-4H3,(H,28,32)(H2,29,30,31,34). The van der Waals surface area contributed by atoms with Gasteiger partial charge in [0, 0.05) is 16.9 Å². The molecule has 0 atom stereocenters. The average Bonchev–Trinajstić information content (AvgIpc) is 2.78. The molecule has 3 N–H and O–H groups in total. The van der Waals surface area contributed by atoms with Gasteiger partial charge in [0.2, 0.25) is 0 Å². The molecule has 34 heavy (non-hydrogen) atoms. The zero-order valence-electron chi connectivity index (χ0n) is 19.8. The van der Waals surface area contributed by atoms with Crippen molar-refractivity contribution in [2.75, 3.05) is 17.2 Å². The first-order valence-electron chi connectivity index (χ1n) is 10.9. The van der Waals surface area contributed by atoms with Gasteiger partial charge in [-0.05, 0) is 72.1 Å². The van der Waals surface area contributed by atoms with Crippen LogP contribution in [0, 0.1) is 6.92 Å². The van der Waals surface area contributed by atoms with Crippen molar-refractivity contribution in [2.24, 2.45) is 0 Å². The molecule has 0 fully saturated rings. The highest BCUT2D eigenvalue weighted by Gasteiger charge is 2.14. The molecule has 2 amide bonds. The molecule has 176 valence electrons. The van der Waals surface area contributed by atoms with E-state index in [9.17, 15) is 9.59 Å². The van der Waals surface area contributed by atoms with Gasteiger partial charge in [0.1, 0.15) is 5.75 Å². The second-order valence-corrected chi connectivity index (χ2v) is 9.33. The summed E-state index contributed by atoms with van der Waals surface area (Å²) in [6.45, 7) is 8.14. The molecule has 0 bridgehead atoms. The maximum Gasteiger partial charge on any atom is 0.264 e. The molecule has 7 heteroatoms. The lowest BCUT2D eigenvalue weighted by atomic mass is 9.87. The number of anilines is 2. The van der Waals surface area contributed by atoms with Crippen LogP contribution in [-0.2, 0) is 10.2 Å². The number of aryl methyl sites for hydroxylation is 1. The van der Waals surface area contributed by atoms with Gasteiger partial charge in [0.25, 0.3) is 11.8 Å². The van der Waals surface area contributed by atoms with Gasteiger partial charge in [-0.15, -0.1) is 0 Å². The van der Waals surface area contributed by atoms with E-state index in [1.54, 1.807) is 30.3 Å². The van der Waals surface area contributed by atoms with Crippen LogP contribution in [0.2, 0.25) is 0 Å². The summed E-state index contributed by atoms with van der Waals surface area (Å²) in [4.78, 5) is 24.8. The molecule has 3 aromatic carbocycles. The van der Waals surface area contributed by atoms with E-state index in [-0.39, 0.29) is 28.9 Å². The first kappa shape index (κ1) is 24.9. The van der Waals surface area contributed by atoms with Gasteiger partial charge in [-0.25, -0.2) is 0 Å². The van der Waals surface area contributed by atoms with Crippen LogP contribution < -0.4 is 20.7 Å². The molecule has 0 saturated carbocycles. The highest BCUT2D eigenvalue weighted by molar-refractivity contribution is 7.80. The topological polar surface area (TPSA) is 79.5 Å². The van der Waals surface area contributed by atoms with E-state index >= 15 is 0 Å². The number of benzene rings is 3. The van der Waals surface area contributed by atoms with Crippen LogP contribution in [0.15, 0.2) is 72.8 Å². The number of rotatable bonds is 6. The SMILES string of the molecule is Cc1ccccc1OCC(=O)NC(=S)Nc1cccc(NC(=O)c2ccc(C(C)(C)C)cc2)c1. The molecule has 0 aliphatic rings. The van der Waals surface area contributed by atoms with Crippen molar-refractivity contribution >= 4 is 40.5 Å². The van der Waals surface area contributed by atoms with Crippen LogP contribution in [-0.4, -0.2) is 23.5 Å². The molecular weight excluding hydrogens is 446 g/mol. The fraction of sp³-hybridized carbons (Fsp3) is 0.222. The summed E-state index contributed by atoms with van der Waals surface area (Å²) in [5, 5.41) is 8.57. The van der Waals surface area contributed by atoms with Crippen molar-refractivity contribution in [1.29, 1.82) is 0 Å².